The van der Waals surface area contributed by atoms with Crippen molar-refractivity contribution in [1.82, 2.24) is 9.88 Å². The molecule has 3 aromatic rings. The summed E-state index contributed by atoms with van der Waals surface area (Å²) >= 11 is 9.38. The maximum atomic E-state index is 14.9. The second-order valence-corrected chi connectivity index (χ2v) is 11.8. The first kappa shape index (κ1) is 30.0. The Labute approximate surface area is 256 Å². The van der Waals surface area contributed by atoms with Crippen molar-refractivity contribution in [1.29, 1.82) is 0 Å². The molecule has 8 nitrogen and oxygen atoms in total. The van der Waals surface area contributed by atoms with Crippen LogP contribution in [0.5, 0.6) is 0 Å². The van der Waals surface area contributed by atoms with Gasteiger partial charge in [-0.3, -0.25) is 14.6 Å². The molecule has 2 amide bonds. The summed E-state index contributed by atoms with van der Waals surface area (Å²) in [5.74, 6) is -1.43. The number of nitrogens with zero attached hydrogens (tertiary/aromatic N) is 2. The first-order chi connectivity index (χ1) is 20.2. The molecule has 0 aliphatic carbocycles. The molecule has 3 atom stereocenters. The zero-order valence-electron chi connectivity index (χ0n) is 23.2. The summed E-state index contributed by atoms with van der Waals surface area (Å²) in [4.78, 5) is 44.7. The molecule has 2 bridgehead atoms. The zero-order chi connectivity index (χ0) is 30.0. The minimum atomic E-state index is -0.782. The third kappa shape index (κ3) is 6.29. The number of hydrogen-bond donors (Lipinski definition) is 1. The van der Waals surface area contributed by atoms with Crippen molar-refractivity contribution < 1.29 is 28.2 Å². The van der Waals surface area contributed by atoms with Gasteiger partial charge < -0.3 is 19.7 Å². The summed E-state index contributed by atoms with van der Waals surface area (Å²) in [7, 11) is 1.33. The van der Waals surface area contributed by atoms with E-state index in [2.05, 4.69) is 26.2 Å². The van der Waals surface area contributed by atoms with Gasteiger partial charge in [0.05, 0.1) is 36.0 Å². The minimum absolute atomic E-state index is 0.0360. The van der Waals surface area contributed by atoms with Gasteiger partial charge in [-0.1, -0.05) is 53.0 Å². The SMILES string of the molecule is COC(=O)Cc1ccc2c(c1)NC(=O)[C@H](C)CCC[C@H](N1CCC(c3c(Br)ccc(Cl)c3F)OC1=O)c1ccnc-2c1. The van der Waals surface area contributed by atoms with E-state index in [1.165, 1.54) is 13.2 Å². The number of rotatable bonds is 4. The van der Waals surface area contributed by atoms with Crippen LogP contribution in [0.15, 0.2) is 53.1 Å². The molecule has 2 aliphatic heterocycles. The van der Waals surface area contributed by atoms with Crippen LogP contribution in [0.4, 0.5) is 14.9 Å². The zero-order valence-corrected chi connectivity index (χ0v) is 25.5. The van der Waals surface area contributed by atoms with E-state index in [9.17, 15) is 18.8 Å². The first-order valence-corrected chi connectivity index (χ1v) is 14.9. The monoisotopic (exact) mass is 657 g/mol. The Morgan fingerprint density at radius 3 is 2.76 bits per heavy atom. The van der Waals surface area contributed by atoms with Crippen LogP contribution in [-0.2, 0) is 25.5 Å². The first-order valence-electron chi connectivity index (χ1n) is 13.7. The molecule has 1 N–H and O–H groups in total. The summed E-state index contributed by atoms with van der Waals surface area (Å²) in [5.41, 5.74) is 3.64. The molecule has 1 saturated heterocycles. The molecule has 1 fully saturated rings. The van der Waals surface area contributed by atoms with Crippen LogP contribution in [0.25, 0.3) is 11.3 Å². The number of pyridine rings is 1. The van der Waals surface area contributed by atoms with E-state index in [0.717, 1.165) is 5.56 Å². The number of ether oxygens (including phenoxy) is 2. The number of carbonyl (C=O) groups excluding carboxylic acids is 3. The van der Waals surface area contributed by atoms with Crippen LogP contribution < -0.4 is 5.32 Å². The molecular weight excluding hydrogens is 629 g/mol. The largest absolute Gasteiger partial charge is 0.469 e. The number of anilines is 1. The number of hydrogen-bond acceptors (Lipinski definition) is 6. The molecule has 5 rings (SSSR count). The quantitative estimate of drug-likeness (QED) is 0.232. The highest BCUT2D eigenvalue weighted by molar-refractivity contribution is 9.10. The molecule has 42 heavy (non-hydrogen) atoms. The molecule has 2 aliphatic rings. The van der Waals surface area contributed by atoms with Crippen LogP contribution in [-0.4, -0.2) is 41.5 Å². The number of benzene rings is 2. The van der Waals surface area contributed by atoms with Crippen molar-refractivity contribution in [2.24, 2.45) is 5.92 Å². The van der Waals surface area contributed by atoms with Gasteiger partial charge in [0.15, 0.2) is 0 Å². The van der Waals surface area contributed by atoms with Crippen molar-refractivity contribution in [2.45, 2.75) is 51.2 Å². The number of aromatic nitrogens is 1. The fourth-order valence-electron chi connectivity index (χ4n) is 5.50. The number of amides is 2. The number of methoxy groups -OCH3 is 1. The molecule has 220 valence electrons. The Morgan fingerprint density at radius 1 is 1.19 bits per heavy atom. The number of nitrogens with one attached hydrogen (secondary N) is 1. The van der Waals surface area contributed by atoms with E-state index in [1.54, 1.807) is 29.3 Å². The van der Waals surface area contributed by atoms with Gasteiger partial charge in [0, 0.05) is 40.7 Å². The number of halogens is 3. The predicted molar refractivity (Wildman–Crippen MR) is 159 cm³/mol. The van der Waals surface area contributed by atoms with E-state index in [4.69, 9.17) is 21.1 Å². The van der Waals surface area contributed by atoms with Gasteiger partial charge >= 0.3 is 12.1 Å². The molecule has 0 radical (unpaired) electrons. The smallest absolute Gasteiger partial charge is 0.410 e. The Balaban J connectivity index is 1.48. The van der Waals surface area contributed by atoms with E-state index in [-0.39, 0.29) is 40.8 Å². The second-order valence-electron chi connectivity index (χ2n) is 10.6. The van der Waals surface area contributed by atoms with Gasteiger partial charge in [-0.15, -0.1) is 0 Å². The van der Waals surface area contributed by atoms with Gasteiger partial charge in [-0.2, -0.15) is 0 Å². The molecule has 0 spiro atoms. The number of esters is 1. The Morgan fingerprint density at radius 2 is 2.00 bits per heavy atom. The molecule has 2 aromatic carbocycles. The van der Waals surface area contributed by atoms with E-state index >= 15 is 0 Å². The lowest BCUT2D eigenvalue weighted by Gasteiger charge is -2.38. The van der Waals surface area contributed by atoms with E-state index < -0.39 is 18.0 Å². The molecule has 1 aromatic heterocycles. The van der Waals surface area contributed by atoms with Crippen molar-refractivity contribution in [3.8, 4) is 11.3 Å². The van der Waals surface area contributed by atoms with Crippen molar-refractivity contribution in [2.75, 3.05) is 19.0 Å². The van der Waals surface area contributed by atoms with Crippen LogP contribution in [0.3, 0.4) is 0 Å². The number of fused-ring (bicyclic) bond motifs is 4. The lowest BCUT2D eigenvalue weighted by Crippen LogP contribution is -2.42. The summed E-state index contributed by atoms with van der Waals surface area (Å²) in [5, 5.41) is 2.99. The normalized spacial score (nSPS) is 20.9. The molecular formula is C31H30BrClFN3O5. The lowest BCUT2D eigenvalue weighted by molar-refractivity contribution is -0.139. The highest BCUT2D eigenvalue weighted by atomic mass is 79.9. The van der Waals surface area contributed by atoms with Crippen LogP contribution in [0.1, 0.15) is 61.4 Å². The molecule has 1 unspecified atom stereocenters. The Hall–Kier alpha value is -3.50. The van der Waals surface area contributed by atoms with Crippen molar-refractivity contribution >= 4 is 51.2 Å². The van der Waals surface area contributed by atoms with Gasteiger partial charge in [0.2, 0.25) is 5.91 Å². The highest BCUT2D eigenvalue weighted by Crippen LogP contribution is 2.40. The predicted octanol–water partition coefficient (Wildman–Crippen LogP) is 7.40. The fourth-order valence-corrected chi connectivity index (χ4v) is 6.22. The van der Waals surface area contributed by atoms with Gasteiger partial charge in [-0.05, 0) is 54.3 Å². The van der Waals surface area contributed by atoms with Crippen LogP contribution >= 0.6 is 27.5 Å². The van der Waals surface area contributed by atoms with Gasteiger partial charge in [0.25, 0.3) is 0 Å². The summed E-state index contributed by atoms with van der Waals surface area (Å²) in [6.45, 7) is 2.20. The maximum Gasteiger partial charge on any atom is 0.410 e. The molecule has 3 heterocycles. The highest BCUT2D eigenvalue weighted by Gasteiger charge is 2.36. The van der Waals surface area contributed by atoms with Crippen LogP contribution in [0.2, 0.25) is 5.02 Å². The third-order valence-electron chi connectivity index (χ3n) is 7.81. The summed E-state index contributed by atoms with van der Waals surface area (Å²) < 4.78 is 26.0. The topological polar surface area (TPSA) is 97.8 Å². The van der Waals surface area contributed by atoms with Gasteiger partial charge in [0.1, 0.15) is 11.9 Å². The molecule has 11 heteroatoms. The van der Waals surface area contributed by atoms with Gasteiger partial charge in [-0.25, -0.2) is 9.18 Å². The summed E-state index contributed by atoms with van der Waals surface area (Å²) in [6, 6.07) is 11.9. The number of cyclic esters (lactones) is 1. The third-order valence-corrected chi connectivity index (χ3v) is 8.80. The lowest BCUT2D eigenvalue weighted by atomic mass is 9.93. The van der Waals surface area contributed by atoms with E-state index in [0.29, 0.717) is 59.2 Å². The number of carbonyl (C=O) groups is 3. The average Bonchev–Trinajstić information content (AvgIpc) is 2.97. The summed E-state index contributed by atoms with van der Waals surface area (Å²) in [6.07, 6.45) is 2.66. The van der Waals surface area contributed by atoms with Crippen molar-refractivity contribution in [3.05, 3.63) is 80.7 Å². The Bertz CT molecular complexity index is 1540. The molecule has 0 saturated carbocycles. The second kappa shape index (κ2) is 12.8. The van der Waals surface area contributed by atoms with Crippen molar-refractivity contribution in [3.63, 3.8) is 0 Å². The standard InChI is InChI=1S/C31H30BrClFN3O5/c1-17-4-3-5-25(37-13-11-26(42-31(37)40)28-21(32)8-9-22(33)29(28)34)19-10-12-35-23(16-19)20-7-6-18(15-27(38)41-2)14-24(20)36-30(17)39/h6-10,12,14,16-17,25-26H,3-5,11,13,15H2,1-2H3,(H,36,39)/t17-,25+,26?/m1/s1. The average molecular weight is 659 g/mol. The fraction of sp³-hybridized carbons (Fsp3) is 0.355. The Kier molecular flexibility index (Phi) is 9.13. The minimum Gasteiger partial charge on any atom is -0.469 e. The van der Waals surface area contributed by atoms with E-state index in [1.807, 2.05) is 25.1 Å². The maximum absolute atomic E-state index is 14.9. The van der Waals surface area contributed by atoms with Crippen LogP contribution in [0, 0.1) is 11.7 Å².